The van der Waals surface area contributed by atoms with E-state index in [4.69, 9.17) is 0 Å². The zero-order chi connectivity index (χ0) is 11.4. The van der Waals surface area contributed by atoms with E-state index in [1.807, 2.05) is 13.0 Å². The first-order valence-corrected chi connectivity index (χ1v) is 4.69. The van der Waals surface area contributed by atoms with Crippen molar-refractivity contribution in [3.63, 3.8) is 0 Å². The molecule has 1 rings (SSSR count). The third kappa shape index (κ3) is 2.56. The highest BCUT2D eigenvalue weighted by atomic mass is 16.6. The Balaban J connectivity index is 3.04. The fourth-order valence-electron chi connectivity index (χ4n) is 1.28. The molecule has 1 atom stereocenters. The van der Waals surface area contributed by atoms with Gasteiger partial charge in [-0.3, -0.25) is 10.1 Å². The summed E-state index contributed by atoms with van der Waals surface area (Å²) in [5, 5.41) is 13.8. The van der Waals surface area contributed by atoms with Crippen LogP contribution < -0.4 is 5.32 Å². The van der Waals surface area contributed by atoms with Crippen LogP contribution in [-0.4, -0.2) is 11.0 Å². The van der Waals surface area contributed by atoms with Gasteiger partial charge in [0.05, 0.1) is 4.92 Å². The van der Waals surface area contributed by atoms with Crippen LogP contribution in [0.5, 0.6) is 0 Å². The standard InChI is InChI=1S/C11H14N2O2/c1-4-8(2)12-10-6-5-7-11(9(10)3)13(14)15/h4-8,12H,1H2,2-3H3. The smallest absolute Gasteiger partial charge is 0.274 e. The number of nitrogens with one attached hydrogen (secondary N) is 1. The topological polar surface area (TPSA) is 55.2 Å². The van der Waals surface area contributed by atoms with Crippen LogP contribution in [0.3, 0.4) is 0 Å². The molecular formula is C11H14N2O2. The largest absolute Gasteiger partial charge is 0.379 e. The molecular weight excluding hydrogens is 192 g/mol. The minimum absolute atomic E-state index is 0.0886. The number of anilines is 1. The van der Waals surface area contributed by atoms with Crippen LogP contribution in [0.1, 0.15) is 12.5 Å². The van der Waals surface area contributed by atoms with Crippen molar-refractivity contribution in [2.24, 2.45) is 0 Å². The van der Waals surface area contributed by atoms with Gasteiger partial charge in [0.15, 0.2) is 0 Å². The molecule has 0 spiro atoms. The Morgan fingerprint density at radius 3 is 2.80 bits per heavy atom. The van der Waals surface area contributed by atoms with Crippen molar-refractivity contribution in [2.45, 2.75) is 19.9 Å². The Kier molecular flexibility index (Phi) is 3.44. The van der Waals surface area contributed by atoms with E-state index in [-0.39, 0.29) is 16.7 Å². The van der Waals surface area contributed by atoms with Crippen LogP contribution in [-0.2, 0) is 0 Å². The second-order valence-electron chi connectivity index (χ2n) is 3.38. The van der Waals surface area contributed by atoms with Crippen LogP contribution in [0.25, 0.3) is 0 Å². The average molecular weight is 206 g/mol. The molecule has 0 saturated carbocycles. The number of nitrogens with zero attached hydrogens (tertiary/aromatic N) is 1. The number of hydrogen-bond donors (Lipinski definition) is 1. The summed E-state index contributed by atoms with van der Waals surface area (Å²) in [6.45, 7) is 7.32. The quantitative estimate of drug-likeness (QED) is 0.468. The maximum absolute atomic E-state index is 10.7. The fourth-order valence-corrected chi connectivity index (χ4v) is 1.28. The summed E-state index contributed by atoms with van der Waals surface area (Å²) >= 11 is 0. The third-order valence-electron chi connectivity index (χ3n) is 2.24. The molecule has 1 aromatic carbocycles. The number of rotatable bonds is 4. The molecule has 0 fully saturated rings. The summed E-state index contributed by atoms with van der Waals surface area (Å²) < 4.78 is 0. The first-order chi connectivity index (χ1) is 7.06. The molecule has 0 amide bonds. The summed E-state index contributed by atoms with van der Waals surface area (Å²) in [5.74, 6) is 0. The molecule has 0 heterocycles. The van der Waals surface area contributed by atoms with Crippen molar-refractivity contribution in [3.05, 3.63) is 46.5 Å². The van der Waals surface area contributed by atoms with Crippen molar-refractivity contribution < 1.29 is 4.92 Å². The lowest BCUT2D eigenvalue weighted by atomic mass is 10.1. The number of nitro benzene ring substituents is 1. The lowest BCUT2D eigenvalue weighted by Gasteiger charge is -2.13. The summed E-state index contributed by atoms with van der Waals surface area (Å²) in [5.41, 5.74) is 1.56. The molecule has 4 heteroatoms. The Hall–Kier alpha value is -1.84. The van der Waals surface area contributed by atoms with Gasteiger partial charge in [-0.1, -0.05) is 12.1 Å². The van der Waals surface area contributed by atoms with E-state index in [1.165, 1.54) is 6.07 Å². The zero-order valence-corrected chi connectivity index (χ0v) is 8.86. The molecule has 1 aromatic rings. The van der Waals surface area contributed by atoms with Gasteiger partial charge in [0.1, 0.15) is 0 Å². The maximum atomic E-state index is 10.7. The van der Waals surface area contributed by atoms with Crippen LogP contribution in [0, 0.1) is 17.0 Å². The van der Waals surface area contributed by atoms with Crippen molar-refractivity contribution in [1.82, 2.24) is 0 Å². The van der Waals surface area contributed by atoms with Gasteiger partial charge in [-0.15, -0.1) is 6.58 Å². The molecule has 80 valence electrons. The molecule has 0 bridgehead atoms. The molecule has 0 aromatic heterocycles. The molecule has 4 nitrogen and oxygen atoms in total. The predicted molar refractivity (Wildman–Crippen MR) is 61.1 cm³/mol. The van der Waals surface area contributed by atoms with Crippen molar-refractivity contribution in [3.8, 4) is 0 Å². The van der Waals surface area contributed by atoms with Gasteiger partial charge in [0.25, 0.3) is 5.69 Å². The molecule has 0 saturated heterocycles. The number of hydrogen-bond acceptors (Lipinski definition) is 3. The third-order valence-corrected chi connectivity index (χ3v) is 2.24. The van der Waals surface area contributed by atoms with E-state index in [9.17, 15) is 10.1 Å². The van der Waals surface area contributed by atoms with Gasteiger partial charge in [-0.25, -0.2) is 0 Å². The average Bonchev–Trinajstić information content (AvgIpc) is 2.20. The van der Waals surface area contributed by atoms with Crippen LogP contribution in [0.4, 0.5) is 11.4 Å². The van der Waals surface area contributed by atoms with E-state index < -0.39 is 0 Å². The van der Waals surface area contributed by atoms with Crippen molar-refractivity contribution in [2.75, 3.05) is 5.32 Å². The first kappa shape index (κ1) is 11.2. The van der Waals surface area contributed by atoms with Gasteiger partial charge in [-0.2, -0.15) is 0 Å². The monoisotopic (exact) mass is 206 g/mol. The molecule has 0 aliphatic rings. The maximum Gasteiger partial charge on any atom is 0.274 e. The van der Waals surface area contributed by atoms with E-state index in [1.54, 1.807) is 19.1 Å². The minimum Gasteiger partial charge on any atom is -0.379 e. The minimum atomic E-state index is -0.376. The van der Waals surface area contributed by atoms with Crippen LogP contribution in [0.2, 0.25) is 0 Å². The SMILES string of the molecule is C=CC(C)Nc1cccc([N+](=O)[O-])c1C. The van der Waals surface area contributed by atoms with Crippen LogP contribution in [0.15, 0.2) is 30.9 Å². The molecule has 15 heavy (non-hydrogen) atoms. The van der Waals surface area contributed by atoms with E-state index in [0.717, 1.165) is 5.69 Å². The highest BCUT2D eigenvalue weighted by Gasteiger charge is 2.13. The fraction of sp³-hybridized carbons (Fsp3) is 0.273. The summed E-state index contributed by atoms with van der Waals surface area (Å²) in [4.78, 5) is 10.3. The number of benzene rings is 1. The van der Waals surface area contributed by atoms with Gasteiger partial charge in [-0.05, 0) is 19.9 Å². The molecule has 0 radical (unpaired) electrons. The zero-order valence-electron chi connectivity index (χ0n) is 8.86. The Bertz CT molecular complexity index is 388. The van der Waals surface area contributed by atoms with Crippen LogP contribution >= 0.6 is 0 Å². The summed E-state index contributed by atoms with van der Waals surface area (Å²) in [7, 11) is 0. The Morgan fingerprint density at radius 2 is 2.27 bits per heavy atom. The molecule has 1 unspecified atom stereocenters. The summed E-state index contributed by atoms with van der Waals surface area (Å²) in [6.07, 6.45) is 1.75. The van der Waals surface area contributed by atoms with E-state index in [2.05, 4.69) is 11.9 Å². The predicted octanol–water partition coefficient (Wildman–Crippen LogP) is 2.89. The molecule has 0 aliphatic heterocycles. The Morgan fingerprint density at radius 1 is 1.60 bits per heavy atom. The van der Waals surface area contributed by atoms with Gasteiger partial charge >= 0.3 is 0 Å². The van der Waals surface area contributed by atoms with E-state index in [0.29, 0.717) is 5.56 Å². The van der Waals surface area contributed by atoms with Gasteiger partial charge < -0.3 is 5.32 Å². The lowest BCUT2D eigenvalue weighted by Crippen LogP contribution is -2.12. The van der Waals surface area contributed by atoms with Gasteiger partial charge in [0, 0.05) is 23.4 Å². The van der Waals surface area contributed by atoms with Gasteiger partial charge in [0.2, 0.25) is 0 Å². The highest BCUT2D eigenvalue weighted by Crippen LogP contribution is 2.25. The number of nitro groups is 1. The van der Waals surface area contributed by atoms with Crippen molar-refractivity contribution >= 4 is 11.4 Å². The second-order valence-corrected chi connectivity index (χ2v) is 3.38. The Labute approximate surface area is 88.8 Å². The molecule has 0 aliphatic carbocycles. The lowest BCUT2D eigenvalue weighted by molar-refractivity contribution is -0.385. The molecule has 1 N–H and O–H groups in total. The highest BCUT2D eigenvalue weighted by molar-refractivity contribution is 5.60. The normalized spacial score (nSPS) is 11.9. The summed E-state index contributed by atoms with van der Waals surface area (Å²) in [6, 6.07) is 5.08. The first-order valence-electron chi connectivity index (χ1n) is 4.69. The van der Waals surface area contributed by atoms with Crippen molar-refractivity contribution in [1.29, 1.82) is 0 Å². The van der Waals surface area contributed by atoms with E-state index >= 15 is 0 Å². The second kappa shape index (κ2) is 4.59.